The largest absolute Gasteiger partial charge is 0.419 e. The number of nitrogens with one attached hydrogen (secondary N) is 1. The van der Waals surface area contributed by atoms with Gasteiger partial charge in [0.15, 0.2) is 5.58 Å². The molecule has 96 valence electrons. The van der Waals surface area contributed by atoms with Crippen LogP contribution in [0.2, 0.25) is 0 Å². The average Bonchev–Trinajstić information content (AvgIpc) is 2.62. The first kappa shape index (κ1) is 12.4. The molecular formula is C12H15N3O3. The Kier molecular flexibility index (Phi) is 3.47. The van der Waals surface area contributed by atoms with Crippen molar-refractivity contribution in [3.8, 4) is 0 Å². The van der Waals surface area contributed by atoms with E-state index in [1.165, 1.54) is 4.57 Å². The Labute approximate surface area is 103 Å². The molecular weight excluding hydrogens is 234 g/mol. The summed E-state index contributed by atoms with van der Waals surface area (Å²) in [6.07, 6.45) is 1.03. The molecule has 0 spiro atoms. The highest BCUT2D eigenvalue weighted by Gasteiger charge is 2.07. The predicted molar refractivity (Wildman–Crippen MR) is 68.4 cm³/mol. The van der Waals surface area contributed by atoms with Crippen molar-refractivity contribution in [1.29, 1.82) is 0 Å². The molecule has 1 amide bonds. The van der Waals surface area contributed by atoms with Crippen LogP contribution in [0.4, 0.5) is 5.69 Å². The van der Waals surface area contributed by atoms with Gasteiger partial charge in [0.1, 0.15) is 0 Å². The van der Waals surface area contributed by atoms with Gasteiger partial charge in [-0.25, -0.2) is 4.79 Å². The molecule has 0 saturated heterocycles. The average molecular weight is 249 g/mol. The van der Waals surface area contributed by atoms with E-state index < -0.39 is 5.76 Å². The van der Waals surface area contributed by atoms with Gasteiger partial charge in [0.2, 0.25) is 5.91 Å². The summed E-state index contributed by atoms with van der Waals surface area (Å²) in [7, 11) is 1.63. The molecule has 2 rings (SSSR count). The minimum Gasteiger partial charge on any atom is -0.408 e. The van der Waals surface area contributed by atoms with Crippen LogP contribution in [-0.2, 0) is 11.8 Å². The standard InChI is InChI=1S/C12H15N3O3/c1-15-9-5-4-8(7-10(9)18-12(15)17)14-11(16)3-2-6-13/h4-5,7H,2-3,6,13H2,1H3,(H,14,16). The number of hydrogen-bond acceptors (Lipinski definition) is 4. The van der Waals surface area contributed by atoms with E-state index >= 15 is 0 Å². The number of benzene rings is 1. The lowest BCUT2D eigenvalue weighted by molar-refractivity contribution is -0.116. The molecule has 0 fully saturated rings. The Morgan fingerprint density at radius 2 is 2.28 bits per heavy atom. The number of aromatic nitrogens is 1. The topological polar surface area (TPSA) is 90.3 Å². The van der Waals surface area contributed by atoms with Gasteiger partial charge >= 0.3 is 5.76 Å². The number of fused-ring (bicyclic) bond motifs is 1. The summed E-state index contributed by atoms with van der Waals surface area (Å²) in [5, 5.41) is 2.73. The summed E-state index contributed by atoms with van der Waals surface area (Å²) in [4.78, 5) is 22.8. The van der Waals surface area contributed by atoms with E-state index in [-0.39, 0.29) is 5.91 Å². The molecule has 0 radical (unpaired) electrons. The predicted octanol–water partition coefficient (Wildman–Crippen LogP) is 0.809. The number of rotatable bonds is 4. The van der Waals surface area contributed by atoms with Gasteiger partial charge in [-0.05, 0) is 25.1 Å². The van der Waals surface area contributed by atoms with Gasteiger partial charge in [0, 0.05) is 25.2 Å². The van der Waals surface area contributed by atoms with E-state index in [0.29, 0.717) is 36.2 Å². The molecule has 0 aliphatic carbocycles. The molecule has 0 saturated carbocycles. The molecule has 1 aromatic heterocycles. The van der Waals surface area contributed by atoms with Crippen LogP contribution in [0.25, 0.3) is 11.1 Å². The first-order valence-electron chi connectivity index (χ1n) is 5.71. The van der Waals surface area contributed by atoms with Crippen molar-refractivity contribution in [3.05, 3.63) is 28.7 Å². The van der Waals surface area contributed by atoms with Crippen molar-refractivity contribution in [1.82, 2.24) is 4.57 Å². The number of carbonyl (C=O) groups is 1. The molecule has 18 heavy (non-hydrogen) atoms. The maximum atomic E-state index is 11.5. The van der Waals surface area contributed by atoms with Crippen LogP contribution in [0.15, 0.2) is 27.4 Å². The number of nitrogens with two attached hydrogens (primary N) is 1. The van der Waals surface area contributed by atoms with E-state index in [2.05, 4.69) is 5.32 Å². The second kappa shape index (κ2) is 5.05. The van der Waals surface area contributed by atoms with E-state index in [4.69, 9.17) is 10.2 Å². The van der Waals surface area contributed by atoms with Crippen molar-refractivity contribution in [3.63, 3.8) is 0 Å². The summed E-state index contributed by atoms with van der Waals surface area (Å²) in [6.45, 7) is 0.486. The lowest BCUT2D eigenvalue weighted by Gasteiger charge is -2.04. The van der Waals surface area contributed by atoms with Crippen LogP contribution in [-0.4, -0.2) is 17.0 Å². The van der Waals surface area contributed by atoms with E-state index in [1.807, 2.05) is 0 Å². The summed E-state index contributed by atoms with van der Waals surface area (Å²) in [5.41, 5.74) is 7.09. The second-order valence-corrected chi connectivity index (χ2v) is 4.05. The van der Waals surface area contributed by atoms with Gasteiger partial charge in [-0.3, -0.25) is 9.36 Å². The zero-order valence-electron chi connectivity index (χ0n) is 10.1. The summed E-state index contributed by atoms with van der Waals surface area (Å²) < 4.78 is 6.45. The zero-order chi connectivity index (χ0) is 13.1. The van der Waals surface area contributed by atoms with Gasteiger partial charge in [-0.15, -0.1) is 0 Å². The molecule has 6 nitrogen and oxygen atoms in total. The number of aryl methyl sites for hydroxylation is 1. The zero-order valence-corrected chi connectivity index (χ0v) is 10.1. The van der Waals surface area contributed by atoms with Gasteiger partial charge in [0.25, 0.3) is 0 Å². The van der Waals surface area contributed by atoms with Crippen LogP contribution in [0.5, 0.6) is 0 Å². The second-order valence-electron chi connectivity index (χ2n) is 4.05. The van der Waals surface area contributed by atoms with Gasteiger partial charge in [-0.2, -0.15) is 0 Å². The fourth-order valence-corrected chi connectivity index (χ4v) is 1.70. The normalized spacial score (nSPS) is 10.8. The molecule has 0 unspecified atom stereocenters. The summed E-state index contributed by atoms with van der Waals surface area (Å²) in [6, 6.07) is 5.10. The maximum absolute atomic E-state index is 11.5. The number of amides is 1. The first-order chi connectivity index (χ1) is 8.61. The Balaban J connectivity index is 2.20. The SMILES string of the molecule is Cn1c(=O)oc2cc(NC(=O)CCCN)ccc21. The van der Waals surface area contributed by atoms with Crippen LogP contribution in [0, 0.1) is 0 Å². The number of anilines is 1. The lowest BCUT2D eigenvalue weighted by atomic mass is 10.2. The van der Waals surface area contributed by atoms with Crippen molar-refractivity contribution in [2.45, 2.75) is 12.8 Å². The molecule has 3 N–H and O–H groups in total. The number of carbonyl (C=O) groups excluding carboxylic acids is 1. The number of nitrogens with zero attached hydrogens (tertiary/aromatic N) is 1. The molecule has 1 aromatic carbocycles. The summed E-state index contributed by atoms with van der Waals surface area (Å²) >= 11 is 0. The molecule has 1 heterocycles. The highest BCUT2D eigenvalue weighted by Crippen LogP contribution is 2.17. The molecule has 6 heteroatoms. The maximum Gasteiger partial charge on any atom is 0.419 e. The highest BCUT2D eigenvalue weighted by molar-refractivity contribution is 5.92. The third-order valence-corrected chi connectivity index (χ3v) is 2.68. The third-order valence-electron chi connectivity index (χ3n) is 2.68. The van der Waals surface area contributed by atoms with Crippen LogP contribution in [0.3, 0.4) is 0 Å². The van der Waals surface area contributed by atoms with Crippen molar-refractivity contribution in [2.24, 2.45) is 12.8 Å². The quantitative estimate of drug-likeness (QED) is 0.838. The van der Waals surface area contributed by atoms with Gasteiger partial charge in [0.05, 0.1) is 5.52 Å². The van der Waals surface area contributed by atoms with Crippen LogP contribution in [0.1, 0.15) is 12.8 Å². The van der Waals surface area contributed by atoms with Crippen molar-refractivity contribution in [2.75, 3.05) is 11.9 Å². The lowest BCUT2D eigenvalue weighted by Crippen LogP contribution is -2.13. The Hall–Kier alpha value is -2.08. The van der Waals surface area contributed by atoms with E-state index in [1.54, 1.807) is 25.2 Å². The van der Waals surface area contributed by atoms with Crippen molar-refractivity contribution >= 4 is 22.7 Å². The highest BCUT2D eigenvalue weighted by atomic mass is 16.4. The monoisotopic (exact) mass is 249 g/mol. The summed E-state index contributed by atoms with van der Waals surface area (Å²) in [5.74, 6) is -0.519. The Morgan fingerprint density at radius 3 is 3.00 bits per heavy atom. The van der Waals surface area contributed by atoms with E-state index in [0.717, 1.165) is 0 Å². The Morgan fingerprint density at radius 1 is 1.50 bits per heavy atom. The van der Waals surface area contributed by atoms with Gasteiger partial charge in [-0.1, -0.05) is 0 Å². The Bertz CT molecular complexity index is 627. The smallest absolute Gasteiger partial charge is 0.408 e. The molecule has 0 bridgehead atoms. The number of oxazole rings is 1. The van der Waals surface area contributed by atoms with E-state index in [9.17, 15) is 9.59 Å². The minimum absolute atomic E-state index is 0.0990. The molecule has 0 aliphatic rings. The third kappa shape index (κ3) is 2.43. The fraction of sp³-hybridized carbons (Fsp3) is 0.333. The molecule has 2 aromatic rings. The van der Waals surface area contributed by atoms with Crippen LogP contribution < -0.4 is 16.8 Å². The fourth-order valence-electron chi connectivity index (χ4n) is 1.70. The van der Waals surface area contributed by atoms with Crippen LogP contribution >= 0.6 is 0 Å². The molecule has 0 atom stereocenters. The van der Waals surface area contributed by atoms with Gasteiger partial charge < -0.3 is 15.5 Å². The minimum atomic E-state index is -0.420. The first-order valence-corrected chi connectivity index (χ1v) is 5.71. The molecule has 0 aliphatic heterocycles. The number of hydrogen-bond donors (Lipinski definition) is 2. The van der Waals surface area contributed by atoms with Crippen molar-refractivity contribution < 1.29 is 9.21 Å².